The maximum Gasteiger partial charge on any atom is 0.220 e. The lowest BCUT2D eigenvalue weighted by Crippen LogP contribution is -2.14. The summed E-state index contributed by atoms with van der Waals surface area (Å²) in [6.07, 6.45) is 0.960. The molecule has 0 unspecified atom stereocenters. The number of carbonyl (C=O) groups excluding carboxylic acids is 1. The fourth-order valence-corrected chi connectivity index (χ4v) is 1.50. The summed E-state index contributed by atoms with van der Waals surface area (Å²) in [6.45, 7) is 0.823. The lowest BCUT2D eigenvalue weighted by atomic mass is 10.1. The Bertz CT molecular complexity index is 369. The molecule has 4 N–H and O–H groups in total. The molecule has 0 atom stereocenters. The molecule has 0 saturated carbocycles. The molecule has 0 saturated heterocycles. The average molecular weight is 243 g/mol. The van der Waals surface area contributed by atoms with E-state index in [1.165, 1.54) is 0 Å². The van der Waals surface area contributed by atoms with Crippen molar-refractivity contribution in [1.82, 2.24) is 0 Å². The van der Waals surface area contributed by atoms with Crippen molar-refractivity contribution in [3.8, 4) is 5.75 Å². The van der Waals surface area contributed by atoms with Gasteiger partial charge in [0.15, 0.2) is 0 Å². The van der Waals surface area contributed by atoms with Crippen LogP contribution in [0.5, 0.6) is 5.75 Å². The highest BCUT2D eigenvalue weighted by Gasteiger charge is 2.03. The molecule has 0 heterocycles. The molecular formula is C11H15ClN2O2. The summed E-state index contributed by atoms with van der Waals surface area (Å²) >= 11 is 6.00. The number of benzene rings is 1. The molecule has 16 heavy (non-hydrogen) atoms. The Morgan fingerprint density at radius 2 is 2.19 bits per heavy atom. The molecule has 0 aliphatic heterocycles. The maximum atomic E-state index is 10.5. The fraction of sp³-hybridized carbons (Fsp3) is 0.364. The molecule has 0 aromatic heterocycles. The predicted octanol–water partition coefficient (Wildman–Crippen LogP) is 1.10. The summed E-state index contributed by atoms with van der Waals surface area (Å²) in [5.74, 6) is 0.166. The first-order chi connectivity index (χ1) is 7.63. The normalized spacial score (nSPS) is 10.1. The van der Waals surface area contributed by atoms with Gasteiger partial charge in [-0.3, -0.25) is 4.79 Å². The van der Waals surface area contributed by atoms with E-state index in [9.17, 15) is 4.79 Å². The van der Waals surface area contributed by atoms with Gasteiger partial charge in [-0.05, 0) is 30.7 Å². The zero-order valence-electron chi connectivity index (χ0n) is 8.91. The highest BCUT2D eigenvalue weighted by molar-refractivity contribution is 6.32. The Hall–Kier alpha value is -1.26. The highest BCUT2D eigenvalue weighted by atomic mass is 35.5. The van der Waals surface area contributed by atoms with Crippen LogP contribution >= 0.6 is 11.6 Å². The van der Waals surface area contributed by atoms with Gasteiger partial charge in [-0.1, -0.05) is 17.7 Å². The van der Waals surface area contributed by atoms with Gasteiger partial charge in [-0.2, -0.15) is 0 Å². The van der Waals surface area contributed by atoms with Crippen LogP contribution in [0, 0.1) is 0 Å². The van der Waals surface area contributed by atoms with Gasteiger partial charge in [-0.25, -0.2) is 0 Å². The Morgan fingerprint density at radius 3 is 2.75 bits per heavy atom. The zero-order valence-corrected chi connectivity index (χ0v) is 9.67. The van der Waals surface area contributed by atoms with E-state index in [2.05, 4.69) is 0 Å². The van der Waals surface area contributed by atoms with E-state index in [1.54, 1.807) is 6.07 Å². The average Bonchev–Trinajstić information content (AvgIpc) is 2.21. The monoisotopic (exact) mass is 242 g/mol. The first-order valence-electron chi connectivity index (χ1n) is 5.03. The quantitative estimate of drug-likeness (QED) is 0.784. The third kappa shape index (κ3) is 4.08. The van der Waals surface area contributed by atoms with Crippen molar-refractivity contribution in [2.24, 2.45) is 11.5 Å². The molecule has 1 aromatic carbocycles. The summed E-state index contributed by atoms with van der Waals surface area (Å²) in [7, 11) is 0. The summed E-state index contributed by atoms with van der Waals surface area (Å²) in [5, 5.41) is 0.524. The topological polar surface area (TPSA) is 78.3 Å². The standard InChI is InChI=1S/C11H15ClN2O2/c12-9-7-8(3-5-13)1-2-10(9)16-6-4-11(14)15/h1-2,7H,3-6,13H2,(H2,14,15). The Kier molecular flexibility index (Phi) is 5.08. The van der Waals surface area contributed by atoms with Crippen LogP contribution in [0.15, 0.2) is 18.2 Å². The van der Waals surface area contributed by atoms with Crippen LogP contribution < -0.4 is 16.2 Å². The van der Waals surface area contributed by atoms with E-state index >= 15 is 0 Å². The highest BCUT2D eigenvalue weighted by Crippen LogP contribution is 2.25. The van der Waals surface area contributed by atoms with Gasteiger partial charge < -0.3 is 16.2 Å². The molecule has 0 bridgehead atoms. The van der Waals surface area contributed by atoms with Crippen LogP contribution in [0.25, 0.3) is 0 Å². The van der Waals surface area contributed by atoms with Crippen LogP contribution in [-0.4, -0.2) is 19.1 Å². The fourth-order valence-electron chi connectivity index (χ4n) is 1.25. The van der Waals surface area contributed by atoms with Crippen molar-refractivity contribution in [3.63, 3.8) is 0 Å². The lowest BCUT2D eigenvalue weighted by molar-refractivity contribution is -0.118. The zero-order chi connectivity index (χ0) is 12.0. The molecule has 0 aliphatic carbocycles. The van der Waals surface area contributed by atoms with Gasteiger partial charge in [-0.15, -0.1) is 0 Å². The number of amides is 1. The van der Waals surface area contributed by atoms with Gasteiger partial charge >= 0.3 is 0 Å². The molecule has 4 nitrogen and oxygen atoms in total. The van der Waals surface area contributed by atoms with E-state index < -0.39 is 5.91 Å². The summed E-state index contributed by atoms with van der Waals surface area (Å²) in [5.41, 5.74) is 11.5. The van der Waals surface area contributed by atoms with E-state index in [-0.39, 0.29) is 13.0 Å². The van der Waals surface area contributed by atoms with Crippen LogP contribution in [0.2, 0.25) is 5.02 Å². The minimum atomic E-state index is -0.393. The minimum Gasteiger partial charge on any atom is -0.491 e. The van der Waals surface area contributed by atoms with Crippen molar-refractivity contribution in [2.45, 2.75) is 12.8 Å². The summed E-state index contributed by atoms with van der Waals surface area (Å²) in [6, 6.07) is 5.49. The summed E-state index contributed by atoms with van der Waals surface area (Å²) in [4.78, 5) is 10.5. The van der Waals surface area contributed by atoms with E-state index in [0.29, 0.717) is 17.3 Å². The third-order valence-electron chi connectivity index (χ3n) is 2.04. The van der Waals surface area contributed by atoms with E-state index in [1.807, 2.05) is 12.1 Å². The molecule has 1 aromatic rings. The van der Waals surface area contributed by atoms with Crippen molar-refractivity contribution in [3.05, 3.63) is 28.8 Å². The van der Waals surface area contributed by atoms with Crippen LogP contribution in [0.1, 0.15) is 12.0 Å². The molecule has 1 rings (SSSR count). The molecule has 0 spiro atoms. The molecule has 5 heteroatoms. The van der Waals surface area contributed by atoms with Crippen LogP contribution in [-0.2, 0) is 11.2 Å². The van der Waals surface area contributed by atoms with Gasteiger partial charge in [0.2, 0.25) is 5.91 Å². The Labute approximate surface area is 99.5 Å². The predicted molar refractivity (Wildman–Crippen MR) is 63.5 cm³/mol. The van der Waals surface area contributed by atoms with Crippen LogP contribution in [0.3, 0.4) is 0 Å². The molecule has 0 fully saturated rings. The minimum absolute atomic E-state index is 0.181. The number of ether oxygens (including phenoxy) is 1. The van der Waals surface area contributed by atoms with Gasteiger partial charge in [0.25, 0.3) is 0 Å². The first-order valence-corrected chi connectivity index (χ1v) is 5.41. The number of carbonyl (C=O) groups is 1. The Balaban J connectivity index is 2.57. The van der Waals surface area contributed by atoms with Gasteiger partial charge in [0.05, 0.1) is 18.1 Å². The molecule has 0 aliphatic rings. The second-order valence-corrected chi connectivity index (χ2v) is 3.78. The SMILES string of the molecule is NCCc1ccc(OCCC(N)=O)c(Cl)c1. The molecular weight excluding hydrogens is 228 g/mol. The van der Waals surface area contributed by atoms with E-state index in [4.69, 9.17) is 27.8 Å². The first kappa shape index (κ1) is 12.8. The maximum absolute atomic E-state index is 10.5. The number of rotatable bonds is 6. The largest absolute Gasteiger partial charge is 0.491 e. The number of primary amides is 1. The smallest absolute Gasteiger partial charge is 0.220 e. The van der Waals surface area contributed by atoms with Gasteiger partial charge in [0, 0.05) is 0 Å². The number of hydrogen-bond donors (Lipinski definition) is 2. The summed E-state index contributed by atoms with van der Waals surface area (Å²) < 4.78 is 5.32. The second-order valence-electron chi connectivity index (χ2n) is 3.37. The molecule has 88 valence electrons. The second kappa shape index (κ2) is 6.35. The van der Waals surface area contributed by atoms with Crippen molar-refractivity contribution in [2.75, 3.05) is 13.2 Å². The van der Waals surface area contributed by atoms with Crippen molar-refractivity contribution < 1.29 is 9.53 Å². The van der Waals surface area contributed by atoms with Crippen molar-refractivity contribution >= 4 is 17.5 Å². The third-order valence-corrected chi connectivity index (χ3v) is 2.33. The van der Waals surface area contributed by atoms with Crippen LogP contribution in [0.4, 0.5) is 0 Å². The number of nitrogens with two attached hydrogens (primary N) is 2. The van der Waals surface area contributed by atoms with Gasteiger partial charge in [0.1, 0.15) is 5.75 Å². The lowest BCUT2D eigenvalue weighted by Gasteiger charge is -2.08. The van der Waals surface area contributed by atoms with Crippen molar-refractivity contribution in [1.29, 1.82) is 0 Å². The molecule has 0 radical (unpaired) electrons. The van der Waals surface area contributed by atoms with E-state index in [0.717, 1.165) is 12.0 Å². The Morgan fingerprint density at radius 1 is 1.44 bits per heavy atom. The number of hydrogen-bond acceptors (Lipinski definition) is 3. The number of halogens is 1. The molecule has 1 amide bonds.